The molecule has 0 spiro atoms. The first-order valence-corrected chi connectivity index (χ1v) is 9.73. The molecule has 1 aromatic heterocycles. The number of carbonyl (C=O) groups excluding carboxylic acids is 2. The summed E-state index contributed by atoms with van der Waals surface area (Å²) < 4.78 is 5.32. The van der Waals surface area contributed by atoms with Gasteiger partial charge in [0.25, 0.3) is 11.8 Å². The highest BCUT2D eigenvalue weighted by Gasteiger charge is 2.13. The zero-order valence-electron chi connectivity index (χ0n) is 16.5. The Morgan fingerprint density at radius 3 is 2.29 bits per heavy atom. The van der Waals surface area contributed by atoms with Crippen molar-refractivity contribution >= 4 is 23.6 Å². The highest BCUT2D eigenvalue weighted by atomic mass is 16.3. The van der Waals surface area contributed by atoms with E-state index in [2.05, 4.69) is 27.9 Å². The lowest BCUT2D eigenvalue weighted by Crippen LogP contribution is -2.40. The Kier molecular flexibility index (Phi) is 6.53. The van der Waals surface area contributed by atoms with Gasteiger partial charge >= 0.3 is 0 Å². The van der Waals surface area contributed by atoms with Gasteiger partial charge in [-0.25, -0.2) is 0 Å². The first-order chi connectivity index (χ1) is 13.5. The van der Waals surface area contributed by atoms with Crippen molar-refractivity contribution in [1.29, 1.82) is 0 Å². The van der Waals surface area contributed by atoms with Crippen LogP contribution in [0, 0.1) is 13.8 Å². The third-order valence-corrected chi connectivity index (χ3v) is 4.88. The molecule has 1 fully saturated rings. The lowest BCUT2D eigenvalue weighted by molar-refractivity contribution is -0.117. The maximum Gasteiger partial charge on any atom is 0.273 e. The predicted octanol–water partition coefficient (Wildman–Crippen LogP) is 3.75. The molecule has 2 amide bonds. The van der Waals surface area contributed by atoms with Crippen molar-refractivity contribution in [1.82, 2.24) is 10.9 Å². The molecule has 2 N–H and O–H groups in total. The number of furan rings is 1. The van der Waals surface area contributed by atoms with Gasteiger partial charge in [-0.1, -0.05) is 25.0 Å². The average molecular weight is 381 g/mol. The van der Waals surface area contributed by atoms with Crippen molar-refractivity contribution in [3.05, 3.63) is 59.1 Å². The van der Waals surface area contributed by atoms with Gasteiger partial charge in [0.15, 0.2) is 0 Å². The monoisotopic (exact) mass is 381 g/mol. The molecule has 28 heavy (non-hydrogen) atoms. The molecule has 3 rings (SSSR count). The molecule has 6 heteroatoms. The quantitative estimate of drug-likeness (QED) is 0.625. The van der Waals surface area contributed by atoms with Crippen molar-refractivity contribution in [2.24, 2.45) is 0 Å². The minimum atomic E-state index is -0.405. The maximum atomic E-state index is 12.1. The van der Waals surface area contributed by atoms with Crippen LogP contribution in [0.3, 0.4) is 0 Å². The molecule has 1 aliphatic rings. The van der Waals surface area contributed by atoms with E-state index in [4.69, 9.17) is 4.42 Å². The van der Waals surface area contributed by atoms with Crippen LogP contribution in [0.4, 0.5) is 5.69 Å². The minimum Gasteiger partial charge on any atom is -0.466 e. The van der Waals surface area contributed by atoms with Crippen LogP contribution < -0.4 is 15.8 Å². The number of benzene rings is 1. The van der Waals surface area contributed by atoms with Crippen LogP contribution in [0.25, 0.3) is 6.08 Å². The zero-order chi connectivity index (χ0) is 19.9. The van der Waals surface area contributed by atoms with E-state index in [9.17, 15) is 9.59 Å². The molecule has 0 atom stereocenters. The number of nitrogens with one attached hydrogen (secondary N) is 2. The van der Waals surface area contributed by atoms with Gasteiger partial charge in [-0.15, -0.1) is 0 Å². The second-order valence-electron chi connectivity index (χ2n) is 7.10. The minimum absolute atomic E-state index is 0.400. The molecule has 2 aromatic rings. The Morgan fingerprint density at radius 2 is 1.68 bits per heavy atom. The number of amides is 2. The Hall–Kier alpha value is -3.02. The van der Waals surface area contributed by atoms with Crippen LogP contribution >= 0.6 is 0 Å². The molecule has 1 aromatic carbocycles. The van der Waals surface area contributed by atoms with E-state index in [0.717, 1.165) is 18.7 Å². The van der Waals surface area contributed by atoms with Crippen molar-refractivity contribution in [3.63, 3.8) is 0 Å². The highest BCUT2D eigenvalue weighted by molar-refractivity contribution is 5.98. The van der Waals surface area contributed by atoms with Gasteiger partial charge in [-0.2, -0.15) is 0 Å². The molecule has 1 saturated heterocycles. The van der Waals surface area contributed by atoms with E-state index < -0.39 is 11.8 Å². The molecule has 0 radical (unpaired) electrons. The summed E-state index contributed by atoms with van der Waals surface area (Å²) in [6, 6.07) is 9.82. The number of anilines is 1. The van der Waals surface area contributed by atoms with Gasteiger partial charge in [0.1, 0.15) is 11.5 Å². The molecule has 6 nitrogen and oxygen atoms in total. The van der Waals surface area contributed by atoms with Gasteiger partial charge in [0.05, 0.1) is 5.56 Å². The number of carbonyl (C=O) groups is 2. The molecular weight excluding hydrogens is 354 g/mol. The standard InChI is InChI=1S/C22H27N3O3/c1-16-15-20(17(2)28-16)22(27)24-23-21(26)12-9-18-7-10-19(11-8-18)25-13-5-3-4-6-14-25/h7-12,15H,3-6,13-14H2,1-2H3,(H,23,26)(H,24,27)/b12-9+. The Balaban J connectivity index is 1.51. The van der Waals surface area contributed by atoms with Crippen molar-refractivity contribution in [2.45, 2.75) is 39.5 Å². The summed E-state index contributed by atoms with van der Waals surface area (Å²) in [7, 11) is 0. The van der Waals surface area contributed by atoms with E-state index in [1.165, 1.54) is 37.4 Å². The summed E-state index contributed by atoms with van der Waals surface area (Å²) in [5, 5.41) is 0. The van der Waals surface area contributed by atoms with E-state index in [0.29, 0.717) is 17.1 Å². The van der Waals surface area contributed by atoms with Crippen LogP contribution in [0.1, 0.15) is 53.1 Å². The lowest BCUT2D eigenvalue weighted by atomic mass is 10.1. The van der Waals surface area contributed by atoms with E-state index in [1.807, 2.05) is 12.1 Å². The molecule has 148 valence electrons. The summed E-state index contributed by atoms with van der Waals surface area (Å²) in [6.45, 7) is 5.68. The van der Waals surface area contributed by atoms with Gasteiger partial charge in [0, 0.05) is 24.9 Å². The van der Waals surface area contributed by atoms with Crippen LogP contribution in [-0.2, 0) is 4.79 Å². The number of rotatable bonds is 4. The fraction of sp³-hybridized carbons (Fsp3) is 0.364. The fourth-order valence-corrected chi connectivity index (χ4v) is 3.38. The third-order valence-electron chi connectivity index (χ3n) is 4.88. The lowest BCUT2D eigenvalue weighted by Gasteiger charge is -2.22. The van der Waals surface area contributed by atoms with E-state index in [1.54, 1.807) is 26.0 Å². The number of hydrazine groups is 1. The van der Waals surface area contributed by atoms with Gasteiger partial charge in [0.2, 0.25) is 0 Å². The fourth-order valence-electron chi connectivity index (χ4n) is 3.38. The summed E-state index contributed by atoms with van der Waals surface area (Å²) in [5.74, 6) is 0.363. The SMILES string of the molecule is Cc1cc(C(=O)NNC(=O)/C=C/c2ccc(N3CCCCCC3)cc2)c(C)o1. The number of aryl methyl sites for hydroxylation is 2. The molecule has 1 aliphatic heterocycles. The zero-order valence-corrected chi connectivity index (χ0v) is 16.5. The number of hydrogen-bond donors (Lipinski definition) is 2. The summed E-state index contributed by atoms with van der Waals surface area (Å²) >= 11 is 0. The third kappa shape index (κ3) is 5.25. The first kappa shape index (κ1) is 19.7. The van der Waals surface area contributed by atoms with Crippen LogP contribution in [0.5, 0.6) is 0 Å². The molecule has 2 heterocycles. The Bertz CT molecular complexity index is 844. The normalized spacial score (nSPS) is 14.7. The van der Waals surface area contributed by atoms with Crippen LogP contribution in [0.15, 0.2) is 40.8 Å². The smallest absolute Gasteiger partial charge is 0.273 e. The largest absolute Gasteiger partial charge is 0.466 e. The summed E-state index contributed by atoms with van der Waals surface area (Å²) in [6.07, 6.45) is 8.22. The summed E-state index contributed by atoms with van der Waals surface area (Å²) in [4.78, 5) is 26.4. The Labute approximate surface area is 165 Å². The van der Waals surface area contributed by atoms with Gasteiger partial charge < -0.3 is 9.32 Å². The topological polar surface area (TPSA) is 74.6 Å². The molecule has 0 aliphatic carbocycles. The second kappa shape index (κ2) is 9.26. The van der Waals surface area contributed by atoms with Crippen molar-refractivity contribution < 1.29 is 14.0 Å². The molecule has 0 saturated carbocycles. The molecule has 0 unspecified atom stereocenters. The van der Waals surface area contributed by atoms with Crippen molar-refractivity contribution in [2.75, 3.05) is 18.0 Å². The van der Waals surface area contributed by atoms with E-state index >= 15 is 0 Å². The number of hydrogen-bond acceptors (Lipinski definition) is 4. The predicted molar refractivity (Wildman–Crippen MR) is 110 cm³/mol. The maximum absolute atomic E-state index is 12.1. The van der Waals surface area contributed by atoms with Crippen LogP contribution in [-0.4, -0.2) is 24.9 Å². The Morgan fingerprint density at radius 1 is 1.00 bits per heavy atom. The van der Waals surface area contributed by atoms with Crippen LogP contribution in [0.2, 0.25) is 0 Å². The van der Waals surface area contributed by atoms with Gasteiger partial charge in [-0.3, -0.25) is 20.4 Å². The number of nitrogens with zero attached hydrogens (tertiary/aromatic N) is 1. The van der Waals surface area contributed by atoms with Crippen molar-refractivity contribution in [3.8, 4) is 0 Å². The second-order valence-corrected chi connectivity index (χ2v) is 7.10. The summed E-state index contributed by atoms with van der Waals surface area (Å²) in [5.41, 5.74) is 7.34. The average Bonchev–Trinajstić information content (AvgIpc) is 2.89. The van der Waals surface area contributed by atoms with Gasteiger partial charge in [-0.05, 0) is 56.5 Å². The highest BCUT2D eigenvalue weighted by Crippen LogP contribution is 2.20. The molecular formula is C22H27N3O3. The van der Waals surface area contributed by atoms with E-state index in [-0.39, 0.29) is 0 Å². The molecule has 0 bridgehead atoms. The first-order valence-electron chi connectivity index (χ1n) is 9.73.